The minimum atomic E-state index is -0.453. The largest absolute Gasteiger partial charge is 0.365 e. The average Bonchev–Trinajstić information content (AvgIpc) is 2.75. The molecule has 0 amide bonds. The van der Waals surface area contributed by atoms with Crippen LogP contribution >= 0.6 is 0 Å². The summed E-state index contributed by atoms with van der Waals surface area (Å²) >= 11 is 0. The van der Waals surface area contributed by atoms with Gasteiger partial charge in [-0.25, -0.2) is 13.9 Å². The molecule has 0 unspecified atom stereocenters. The molecular formula is C15H11FN2O2. The lowest BCUT2D eigenvalue weighted by atomic mass is 10.0. The quantitative estimate of drug-likeness (QED) is 0.719. The van der Waals surface area contributed by atoms with Gasteiger partial charge in [0.1, 0.15) is 5.82 Å². The molecule has 0 aliphatic heterocycles. The van der Waals surface area contributed by atoms with E-state index in [1.165, 1.54) is 16.9 Å². The summed E-state index contributed by atoms with van der Waals surface area (Å²) in [6.07, 6.45) is 3.28. The van der Waals surface area contributed by atoms with E-state index in [1.807, 2.05) is 0 Å². The topological polar surface area (TPSA) is 48.0 Å². The van der Waals surface area contributed by atoms with Crippen molar-refractivity contribution < 1.29 is 8.91 Å². The van der Waals surface area contributed by atoms with E-state index in [2.05, 4.69) is 4.98 Å². The highest BCUT2D eigenvalue weighted by Crippen LogP contribution is 2.29. The maximum absolute atomic E-state index is 13.0. The van der Waals surface area contributed by atoms with Crippen molar-refractivity contribution in [3.05, 3.63) is 65.0 Å². The lowest BCUT2D eigenvalue weighted by Crippen LogP contribution is -1.97. The molecule has 1 aromatic carbocycles. The number of halogens is 1. The van der Waals surface area contributed by atoms with E-state index in [1.54, 1.807) is 43.7 Å². The van der Waals surface area contributed by atoms with Crippen LogP contribution in [0.1, 0.15) is 0 Å². The van der Waals surface area contributed by atoms with Crippen LogP contribution in [-0.4, -0.2) is 9.72 Å². The second kappa shape index (κ2) is 4.77. The fourth-order valence-corrected chi connectivity index (χ4v) is 2.18. The molecule has 3 rings (SSSR count). The van der Waals surface area contributed by atoms with Crippen molar-refractivity contribution in [1.82, 2.24) is 9.72 Å². The zero-order valence-corrected chi connectivity index (χ0v) is 10.7. The van der Waals surface area contributed by atoms with Gasteiger partial charge in [-0.15, -0.1) is 0 Å². The van der Waals surface area contributed by atoms with Crippen molar-refractivity contribution in [2.24, 2.45) is 7.05 Å². The monoisotopic (exact) mass is 270 g/mol. The zero-order chi connectivity index (χ0) is 14.1. The van der Waals surface area contributed by atoms with Gasteiger partial charge in [0.15, 0.2) is 0 Å². The van der Waals surface area contributed by atoms with Crippen molar-refractivity contribution in [3.8, 4) is 22.4 Å². The first-order valence-electron chi connectivity index (χ1n) is 6.03. The molecule has 0 N–H and O–H groups in total. The Hall–Kier alpha value is -2.69. The van der Waals surface area contributed by atoms with E-state index in [0.717, 1.165) is 5.56 Å². The van der Waals surface area contributed by atoms with Crippen LogP contribution in [0.15, 0.2) is 58.1 Å². The third kappa shape index (κ3) is 2.03. The van der Waals surface area contributed by atoms with Gasteiger partial charge in [0.2, 0.25) is 0 Å². The van der Waals surface area contributed by atoms with E-state index in [4.69, 9.17) is 4.52 Å². The molecule has 0 bridgehead atoms. The highest BCUT2D eigenvalue weighted by molar-refractivity contribution is 5.79. The summed E-state index contributed by atoms with van der Waals surface area (Å²) in [7, 11) is 1.66. The van der Waals surface area contributed by atoms with Gasteiger partial charge in [-0.1, -0.05) is 12.1 Å². The highest BCUT2D eigenvalue weighted by Gasteiger charge is 2.18. The summed E-state index contributed by atoms with van der Waals surface area (Å²) in [4.78, 5) is 16.0. The molecule has 0 saturated carbocycles. The minimum Gasteiger partial charge on any atom is -0.335 e. The van der Waals surface area contributed by atoms with Gasteiger partial charge in [0, 0.05) is 25.0 Å². The third-order valence-electron chi connectivity index (χ3n) is 3.06. The number of pyridine rings is 1. The highest BCUT2D eigenvalue weighted by atomic mass is 19.1. The minimum absolute atomic E-state index is 0.348. The Labute approximate surface area is 114 Å². The maximum atomic E-state index is 13.0. The smallest absolute Gasteiger partial charge is 0.335 e. The van der Waals surface area contributed by atoms with Crippen LogP contribution in [0.3, 0.4) is 0 Å². The number of rotatable bonds is 2. The third-order valence-corrected chi connectivity index (χ3v) is 3.06. The molecule has 4 nitrogen and oxygen atoms in total. The lowest BCUT2D eigenvalue weighted by Gasteiger charge is -2.04. The van der Waals surface area contributed by atoms with Gasteiger partial charge in [-0.3, -0.25) is 4.98 Å². The molecule has 0 aliphatic carbocycles. The van der Waals surface area contributed by atoms with Crippen LogP contribution in [0.25, 0.3) is 22.4 Å². The van der Waals surface area contributed by atoms with Crippen LogP contribution < -0.4 is 5.63 Å². The van der Waals surface area contributed by atoms with Crippen molar-refractivity contribution in [3.63, 3.8) is 0 Å². The van der Waals surface area contributed by atoms with E-state index >= 15 is 0 Å². The van der Waals surface area contributed by atoms with Gasteiger partial charge in [0.05, 0.1) is 11.3 Å². The summed E-state index contributed by atoms with van der Waals surface area (Å²) < 4.78 is 19.6. The van der Waals surface area contributed by atoms with E-state index in [0.29, 0.717) is 16.8 Å². The zero-order valence-electron chi connectivity index (χ0n) is 10.7. The summed E-state index contributed by atoms with van der Waals surface area (Å²) in [5.74, 6) is -0.348. The van der Waals surface area contributed by atoms with Gasteiger partial charge in [-0.2, -0.15) is 0 Å². The number of aryl methyl sites for hydroxylation is 1. The Balaban J connectivity index is 2.26. The molecule has 0 atom stereocenters. The Morgan fingerprint density at radius 3 is 2.35 bits per heavy atom. The molecular weight excluding hydrogens is 259 g/mol. The Kier molecular flexibility index (Phi) is 2.95. The maximum Gasteiger partial charge on any atom is 0.365 e. The van der Waals surface area contributed by atoms with Crippen LogP contribution in [0.5, 0.6) is 0 Å². The lowest BCUT2D eigenvalue weighted by molar-refractivity contribution is 0.289. The number of benzene rings is 1. The van der Waals surface area contributed by atoms with Gasteiger partial charge in [0.25, 0.3) is 0 Å². The van der Waals surface area contributed by atoms with Gasteiger partial charge >= 0.3 is 5.63 Å². The molecule has 0 saturated heterocycles. The summed E-state index contributed by atoms with van der Waals surface area (Å²) in [6, 6.07) is 9.34. The predicted molar refractivity (Wildman–Crippen MR) is 72.6 cm³/mol. The van der Waals surface area contributed by atoms with Gasteiger partial charge in [-0.05, 0) is 29.8 Å². The van der Waals surface area contributed by atoms with Crippen molar-refractivity contribution in [1.29, 1.82) is 0 Å². The van der Waals surface area contributed by atoms with Crippen molar-refractivity contribution in [2.45, 2.75) is 0 Å². The van der Waals surface area contributed by atoms with E-state index in [9.17, 15) is 9.18 Å². The molecule has 0 spiro atoms. The first-order chi connectivity index (χ1) is 9.66. The number of hydrogen-bond donors (Lipinski definition) is 0. The van der Waals surface area contributed by atoms with Crippen LogP contribution in [-0.2, 0) is 7.05 Å². The van der Waals surface area contributed by atoms with Crippen LogP contribution in [0.2, 0.25) is 0 Å². The summed E-state index contributed by atoms with van der Waals surface area (Å²) in [6.45, 7) is 0. The average molecular weight is 270 g/mol. The SMILES string of the molecule is Cn1oc(=O)c(-c2ccc(F)cc2)c1-c1ccncc1. The van der Waals surface area contributed by atoms with Gasteiger partial charge < -0.3 is 4.52 Å². The molecule has 100 valence electrons. The Morgan fingerprint density at radius 2 is 1.70 bits per heavy atom. The summed E-state index contributed by atoms with van der Waals surface area (Å²) in [5, 5.41) is 0. The molecule has 2 heterocycles. The van der Waals surface area contributed by atoms with Crippen molar-refractivity contribution >= 4 is 0 Å². The van der Waals surface area contributed by atoms with E-state index in [-0.39, 0.29) is 5.82 Å². The number of nitrogens with zero attached hydrogens (tertiary/aromatic N) is 2. The van der Waals surface area contributed by atoms with E-state index < -0.39 is 5.63 Å². The first kappa shape index (κ1) is 12.3. The fourth-order valence-electron chi connectivity index (χ4n) is 2.18. The second-order valence-corrected chi connectivity index (χ2v) is 4.34. The molecule has 20 heavy (non-hydrogen) atoms. The molecule has 3 aromatic rings. The number of aromatic nitrogens is 2. The van der Waals surface area contributed by atoms with Crippen LogP contribution in [0, 0.1) is 5.82 Å². The standard InChI is InChI=1S/C15H11FN2O2/c1-18-14(11-6-8-17-9-7-11)13(15(19)20-18)10-2-4-12(16)5-3-10/h2-9H,1H3. The first-order valence-corrected chi connectivity index (χ1v) is 6.03. The predicted octanol–water partition coefficient (Wildman–Crippen LogP) is 2.85. The number of hydrogen-bond acceptors (Lipinski definition) is 3. The Bertz CT molecular complexity index is 789. The Morgan fingerprint density at radius 1 is 1.05 bits per heavy atom. The van der Waals surface area contributed by atoms with Crippen molar-refractivity contribution in [2.75, 3.05) is 0 Å². The van der Waals surface area contributed by atoms with Crippen LogP contribution in [0.4, 0.5) is 4.39 Å². The molecule has 0 radical (unpaired) electrons. The molecule has 0 aliphatic rings. The second-order valence-electron chi connectivity index (χ2n) is 4.34. The fraction of sp³-hybridized carbons (Fsp3) is 0.0667. The molecule has 5 heteroatoms. The summed E-state index contributed by atoms with van der Waals surface area (Å²) in [5.41, 5.74) is 2.04. The normalized spacial score (nSPS) is 10.7. The molecule has 2 aromatic heterocycles. The molecule has 0 fully saturated rings.